The van der Waals surface area contributed by atoms with Gasteiger partial charge in [0.1, 0.15) is 0 Å². The summed E-state index contributed by atoms with van der Waals surface area (Å²) in [5.74, 6) is 1.05. The molecule has 2 aliphatic rings. The lowest BCUT2D eigenvalue weighted by molar-refractivity contribution is -0.119. The number of morpholine rings is 1. The summed E-state index contributed by atoms with van der Waals surface area (Å²) >= 11 is 0. The Kier molecular flexibility index (Phi) is 9.91. The van der Waals surface area contributed by atoms with Crippen LogP contribution in [0.1, 0.15) is 26.2 Å². The number of primary amides is 1. The van der Waals surface area contributed by atoms with E-state index in [0.29, 0.717) is 18.9 Å². The maximum atomic E-state index is 11.2. The fourth-order valence-corrected chi connectivity index (χ4v) is 3.30. The van der Waals surface area contributed by atoms with E-state index >= 15 is 0 Å². The van der Waals surface area contributed by atoms with Gasteiger partial charge < -0.3 is 25.6 Å². The van der Waals surface area contributed by atoms with Crippen molar-refractivity contribution < 1.29 is 9.53 Å². The molecule has 2 atom stereocenters. The zero-order valence-electron chi connectivity index (χ0n) is 14.9. The van der Waals surface area contributed by atoms with Crippen LogP contribution >= 0.6 is 24.0 Å². The van der Waals surface area contributed by atoms with Crippen molar-refractivity contribution in [3.05, 3.63) is 0 Å². The molecule has 8 heteroatoms. The van der Waals surface area contributed by atoms with Gasteiger partial charge >= 0.3 is 0 Å². The van der Waals surface area contributed by atoms with Gasteiger partial charge in [-0.2, -0.15) is 0 Å². The van der Waals surface area contributed by atoms with E-state index in [-0.39, 0.29) is 36.0 Å². The highest BCUT2D eigenvalue weighted by Crippen LogP contribution is 2.19. The van der Waals surface area contributed by atoms with Gasteiger partial charge in [-0.3, -0.25) is 9.79 Å². The number of likely N-dealkylation sites (N-methyl/N-ethyl adjacent to an activating group) is 1. The van der Waals surface area contributed by atoms with E-state index in [2.05, 4.69) is 29.1 Å². The number of piperidine rings is 1. The Balaban J connectivity index is 0.00000288. The summed E-state index contributed by atoms with van der Waals surface area (Å²) in [6.07, 6.45) is 2.76. The second kappa shape index (κ2) is 11.1. The van der Waals surface area contributed by atoms with Crippen LogP contribution in [0.5, 0.6) is 0 Å². The Morgan fingerprint density at radius 1 is 1.38 bits per heavy atom. The summed E-state index contributed by atoms with van der Waals surface area (Å²) in [4.78, 5) is 20.5. The average Bonchev–Trinajstić information content (AvgIpc) is 2.51. The van der Waals surface area contributed by atoms with Crippen molar-refractivity contribution >= 4 is 35.8 Å². The molecule has 24 heavy (non-hydrogen) atoms. The summed E-state index contributed by atoms with van der Waals surface area (Å²) in [6.45, 7) is 8.09. The topological polar surface area (TPSA) is 83.2 Å². The van der Waals surface area contributed by atoms with E-state index < -0.39 is 0 Å². The summed E-state index contributed by atoms with van der Waals surface area (Å²) in [5.41, 5.74) is 5.35. The number of hydrogen-bond acceptors (Lipinski definition) is 4. The second-order valence-electron chi connectivity index (χ2n) is 6.57. The molecule has 0 aromatic carbocycles. The van der Waals surface area contributed by atoms with Gasteiger partial charge in [0.2, 0.25) is 5.91 Å². The van der Waals surface area contributed by atoms with Gasteiger partial charge in [-0.05, 0) is 32.7 Å². The van der Waals surface area contributed by atoms with Crippen LogP contribution in [-0.2, 0) is 9.53 Å². The van der Waals surface area contributed by atoms with E-state index in [9.17, 15) is 4.79 Å². The highest BCUT2D eigenvalue weighted by Gasteiger charge is 2.24. The number of aliphatic imine (C=N–C) groups is 1. The van der Waals surface area contributed by atoms with Gasteiger partial charge in [-0.1, -0.05) is 0 Å². The minimum Gasteiger partial charge on any atom is -0.374 e. The maximum Gasteiger partial charge on any atom is 0.217 e. The van der Waals surface area contributed by atoms with Crippen LogP contribution in [0.25, 0.3) is 0 Å². The Bertz CT molecular complexity index is 421. The Morgan fingerprint density at radius 2 is 2.17 bits per heavy atom. The Morgan fingerprint density at radius 3 is 2.83 bits per heavy atom. The number of likely N-dealkylation sites (tertiary alicyclic amines) is 1. The molecule has 7 nitrogen and oxygen atoms in total. The van der Waals surface area contributed by atoms with Crippen molar-refractivity contribution in [2.45, 2.75) is 32.3 Å². The maximum absolute atomic E-state index is 11.2. The van der Waals surface area contributed by atoms with Gasteiger partial charge in [-0.25, -0.2) is 0 Å². The van der Waals surface area contributed by atoms with Crippen molar-refractivity contribution in [1.29, 1.82) is 0 Å². The lowest BCUT2D eigenvalue weighted by Crippen LogP contribution is -2.48. The van der Waals surface area contributed by atoms with Crippen LogP contribution in [0.3, 0.4) is 0 Å². The quantitative estimate of drug-likeness (QED) is 0.360. The minimum atomic E-state index is -0.211. The standard InChI is InChI=1S/C16H31N5O2.HI/c1-3-18-16(19-10-14-12-20(2)7-8-23-14)21-6-4-5-13(11-21)9-15(17)22;/h13-14H,3-12H2,1-2H3,(H2,17,22)(H,18,19);1H. The van der Waals surface area contributed by atoms with Gasteiger partial charge in [0.05, 0.1) is 19.3 Å². The molecule has 2 unspecified atom stereocenters. The predicted octanol–water partition coefficient (Wildman–Crippen LogP) is 0.488. The SMILES string of the molecule is CCNC(=NCC1CN(C)CCO1)N1CCCC(CC(N)=O)C1.I. The molecule has 0 aromatic heterocycles. The lowest BCUT2D eigenvalue weighted by Gasteiger charge is -2.35. The minimum absolute atomic E-state index is 0. The zero-order chi connectivity index (χ0) is 16.7. The average molecular weight is 453 g/mol. The van der Waals surface area contributed by atoms with Crippen LogP contribution in [0.15, 0.2) is 4.99 Å². The third-order valence-corrected chi connectivity index (χ3v) is 4.43. The normalized spacial score (nSPS) is 25.9. The molecule has 3 N–H and O–H groups in total. The molecule has 0 radical (unpaired) electrons. The van der Waals surface area contributed by atoms with E-state index in [4.69, 9.17) is 15.5 Å². The first-order valence-electron chi connectivity index (χ1n) is 8.70. The Labute approximate surface area is 162 Å². The van der Waals surface area contributed by atoms with E-state index in [0.717, 1.165) is 58.1 Å². The highest BCUT2D eigenvalue weighted by molar-refractivity contribution is 14.0. The number of rotatable bonds is 5. The first-order chi connectivity index (χ1) is 11.1. The second-order valence-corrected chi connectivity index (χ2v) is 6.57. The summed E-state index contributed by atoms with van der Waals surface area (Å²) < 4.78 is 5.78. The fraction of sp³-hybridized carbons (Fsp3) is 0.875. The number of carbonyl (C=O) groups excluding carboxylic acids is 1. The molecule has 0 aromatic rings. The van der Waals surface area contributed by atoms with E-state index in [1.807, 2.05) is 0 Å². The van der Waals surface area contributed by atoms with Crippen LogP contribution in [0, 0.1) is 5.92 Å². The third-order valence-electron chi connectivity index (χ3n) is 4.43. The van der Waals surface area contributed by atoms with Crippen molar-refractivity contribution in [1.82, 2.24) is 15.1 Å². The number of amides is 1. The molecule has 2 aliphatic heterocycles. The molecule has 0 bridgehead atoms. The smallest absolute Gasteiger partial charge is 0.217 e. The van der Waals surface area contributed by atoms with Gasteiger partial charge in [0, 0.05) is 39.1 Å². The fourth-order valence-electron chi connectivity index (χ4n) is 3.30. The van der Waals surface area contributed by atoms with E-state index in [1.165, 1.54) is 0 Å². The summed E-state index contributed by atoms with van der Waals surface area (Å²) in [7, 11) is 2.11. The first kappa shape index (κ1) is 21.4. The highest BCUT2D eigenvalue weighted by atomic mass is 127. The molecular formula is C16H32IN5O2. The molecule has 0 spiro atoms. The predicted molar refractivity (Wildman–Crippen MR) is 107 cm³/mol. The number of nitrogens with zero attached hydrogens (tertiary/aromatic N) is 3. The molecule has 2 fully saturated rings. The molecule has 2 heterocycles. The van der Waals surface area contributed by atoms with E-state index in [1.54, 1.807) is 0 Å². The number of nitrogens with two attached hydrogens (primary N) is 1. The molecule has 140 valence electrons. The van der Waals surface area contributed by atoms with Crippen molar-refractivity contribution in [2.24, 2.45) is 16.6 Å². The van der Waals surface area contributed by atoms with Crippen molar-refractivity contribution in [2.75, 3.05) is 52.9 Å². The summed E-state index contributed by atoms with van der Waals surface area (Å²) in [6, 6.07) is 0. The van der Waals surface area contributed by atoms with Gasteiger partial charge in [0.25, 0.3) is 0 Å². The molecule has 2 saturated heterocycles. The van der Waals surface area contributed by atoms with Gasteiger partial charge in [0.15, 0.2) is 5.96 Å². The molecule has 0 saturated carbocycles. The first-order valence-corrected chi connectivity index (χ1v) is 8.70. The van der Waals surface area contributed by atoms with Crippen LogP contribution in [-0.4, -0.2) is 80.7 Å². The van der Waals surface area contributed by atoms with Crippen LogP contribution in [0.2, 0.25) is 0 Å². The molecule has 1 amide bonds. The number of hydrogen-bond donors (Lipinski definition) is 2. The number of carbonyl (C=O) groups is 1. The van der Waals surface area contributed by atoms with Crippen molar-refractivity contribution in [3.63, 3.8) is 0 Å². The number of ether oxygens (including phenoxy) is 1. The number of halogens is 1. The molecular weight excluding hydrogens is 421 g/mol. The van der Waals surface area contributed by atoms with Crippen molar-refractivity contribution in [3.8, 4) is 0 Å². The summed E-state index contributed by atoms with van der Waals surface area (Å²) in [5, 5.41) is 3.37. The Hall–Kier alpha value is -0.610. The zero-order valence-corrected chi connectivity index (χ0v) is 17.2. The lowest BCUT2D eigenvalue weighted by atomic mass is 9.95. The molecule has 0 aliphatic carbocycles. The molecule has 2 rings (SSSR count). The van der Waals surface area contributed by atoms with Gasteiger partial charge in [-0.15, -0.1) is 24.0 Å². The third kappa shape index (κ3) is 7.10. The van der Waals surface area contributed by atoms with Crippen LogP contribution < -0.4 is 11.1 Å². The number of guanidine groups is 1. The monoisotopic (exact) mass is 453 g/mol. The largest absolute Gasteiger partial charge is 0.374 e. The number of nitrogens with one attached hydrogen (secondary N) is 1. The van der Waals surface area contributed by atoms with Crippen LogP contribution in [0.4, 0.5) is 0 Å².